The van der Waals surface area contributed by atoms with Crippen molar-refractivity contribution < 1.29 is 0 Å². The summed E-state index contributed by atoms with van der Waals surface area (Å²) in [6, 6.07) is 32.5. The highest BCUT2D eigenvalue weighted by Gasteiger charge is 2.43. The van der Waals surface area contributed by atoms with Gasteiger partial charge in [0, 0.05) is 68.0 Å². The molecule has 8 heteroatoms. The van der Waals surface area contributed by atoms with E-state index in [0.29, 0.717) is 101 Å². The molecule has 9 rings (SSSR count). The smallest absolute Gasteiger partial charge is 0.261 e. The van der Waals surface area contributed by atoms with Gasteiger partial charge in [-0.1, -0.05) is 245 Å². The van der Waals surface area contributed by atoms with Gasteiger partial charge in [-0.05, 0) is 116 Å². The lowest BCUT2D eigenvalue weighted by molar-refractivity contribution is 0.547. The van der Waals surface area contributed by atoms with E-state index >= 15 is 0 Å². The van der Waals surface area contributed by atoms with Crippen molar-refractivity contribution in [3.05, 3.63) is 172 Å². The molecule has 0 spiro atoms. The molecule has 2 heterocycles. The van der Waals surface area contributed by atoms with Crippen molar-refractivity contribution in [3.8, 4) is 46.6 Å². The number of unbranched alkanes of at least 4 members (excludes halogenated alkanes) is 10. The Morgan fingerprint density at radius 3 is 0.841 bits per heavy atom. The van der Waals surface area contributed by atoms with Crippen LogP contribution in [0.5, 0.6) is 0 Å². The van der Waals surface area contributed by atoms with Gasteiger partial charge < -0.3 is 0 Å². The third-order valence-electron chi connectivity index (χ3n) is 19.8. The van der Waals surface area contributed by atoms with Gasteiger partial charge in [-0.15, -0.1) is 11.1 Å². The van der Waals surface area contributed by atoms with Crippen LogP contribution in [0, 0.1) is 46.6 Å². The molecule has 9 aromatic rings. The van der Waals surface area contributed by atoms with Gasteiger partial charge in [-0.2, -0.15) is 0 Å². The van der Waals surface area contributed by atoms with Crippen LogP contribution in [0.3, 0.4) is 0 Å². The summed E-state index contributed by atoms with van der Waals surface area (Å²) in [4.78, 5) is 58.2. The summed E-state index contributed by atoms with van der Waals surface area (Å²) in [6.07, 6.45) is 12.4. The van der Waals surface area contributed by atoms with Gasteiger partial charge in [0.25, 0.3) is 22.2 Å². The minimum atomic E-state index is -2.36. The first-order chi connectivity index (χ1) is 42.2. The second-order valence-electron chi connectivity index (χ2n) is 26.9. The number of nitrogens with zero attached hydrogens (tertiary/aromatic N) is 2. The fraction of sp³-hybridized carbons (Fsp3) is 0.425. The normalized spacial score (nSPS) is 12.1. The molecule has 0 bridgehead atoms. The molecule has 0 radical (unpaired) electrons. The van der Waals surface area contributed by atoms with Crippen molar-refractivity contribution in [2.45, 2.75) is 220 Å². The molecule has 0 fully saturated rings. The number of aromatic nitrogens is 2. The molecule has 0 saturated heterocycles. The van der Waals surface area contributed by atoms with Crippen LogP contribution in [-0.2, 0) is 13.1 Å². The molecule has 2 aromatic heterocycles. The molecule has 0 aliphatic heterocycles. The molecule has 0 N–H and O–H groups in total. The summed E-state index contributed by atoms with van der Waals surface area (Å²) in [5.74, 6) is 21.8. The van der Waals surface area contributed by atoms with Crippen LogP contribution < -0.4 is 22.2 Å². The highest BCUT2D eigenvalue weighted by atomic mass is 28.3. The quantitative estimate of drug-likeness (QED) is 0.0330. The summed E-state index contributed by atoms with van der Waals surface area (Å²) in [6.45, 7) is 33.0. The lowest BCUT2D eigenvalue weighted by Crippen LogP contribution is -2.43. The zero-order chi connectivity index (χ0) is 63.2. The van der Waals surface area contributed by atoms with Crippen molar-refractivity contribution in [1.29, 1.82) is 0 Å². The lowest BCUT2D eigenvalue weighted by Gasteiger charge is -2.38. The number of hydrogen-bond acceptors (Lipinski definition) is 4. The highest BCUT2D eigenvalue weighted by molar-refractivity contribution is 6.91. The molecular weight excluding hydrogens is 1110 g/mol. The summed E-state index contributed by atoms with van der Waals surface area (Å²) in [7, 11) is -4.39. The maximum absolute atomic E-state index is 14.6. The fourth-order valence-electron chi connectivity index (χ4n) is 15.1. The second-order valence-corrected chi connectivity index (χ2v) is 38.1. The molecule has 88 heavy (non-hydrogen) atoms. The third-order valence-corrected chi connectivity index (χ3v) is 32.4. The van der Waals surface area contributed by atoms with Crippen LogP contribution in [0.25, 0.3) is 64.6 Å². The van der Waals surface area contributed by atoms with Gasteiger partial charge in [0.1, 0.15) is 16.1 Å². The highest BCUT2D eigenvalue weighted by Crippen LogP contribution is 2.44. The Hall–Kier alpha value is -7.47. The van der Waals surface area contributed by atoms with Crippen LogP contribution >= 0.6 is 0 Å². The first-order valence-corrected chi connectivity index (χ1v) is 37.7. The predicted octanol–water partition coefficient (Wildman–Crippen LogP) is 19.2. The maximum atomic E-state index is 14.6. The molecule has 6 nitrogen and oxygen atoms in total. The van der Waals surface area contributed by atoms with E-state index in [-0.39, 0.29) is 22.2 Å². The van der Waals surface area contributed by atoms with Crippen LogP contribution in [0.2, 0.25) is 33.2 Å². The standard InChI is InChI=1S/C80H92N2O4Si2/c1-15-17-19-21-23-29-45-81-77(83)73-49-69-66(42-40-60-37-35-59(36-38-60)39-41-65-61-31-25-27-33-63(61)67(64-34-28-26-32-62(64)65)43-47-87(53(3)4,54(5)6)55(7)8)70-50-74-76(80(86)82(78(74)84)46-30-24-22-20-18-16-2)52-72(70)68(71(69)51-75(73)79(81)85)44-48-88(56(9)10,57(11)12)58(13)14/h25-28,31-38,49-58H,15-24,29-30,45-46H2,1-14H3. The van der Waals surface area contributed by atoms with Crippen molar-refractivity contribution in [3.63, 3.8) is 0 Å². The molecule has 0 atom stereocenters. The van der Waals surface area contributed by atoms with Crippen LogP contribution in [0.15, 0.2) is 116 Å². The van der Waals surface area contributed by atoms with Gasteiger partial charge in [-0.25, -0.2) is 0 Å². The number of fused-ring (bicyclic) bond motifs is 6. The van der Waals surface area contributed by atoms with E-state index in [1.54, 1.807) is 0 Å². The lowest BCUT2D eigenvalue weighted by atomic mass is 9.89. The monoisotopic (exact) mass is 1200 g/mol. The molecule has 0 aliphatic carbocycles. The Balaban J connectivity index is 1.23. The topological polar surface area (TPSA) is 78.1 Å². The summed E-state index contributed by atoms with van der Waals surface area (Å²) in [5, 5.41) is 8.53. The van der Waals surface area contributed by atoms with E-state index in [1.165, 1.54) is 22.0 Å². The van der Waals surface area contributed by atoms with Crippen LogP contribution in [0.1, 0.15) is 207 Å². The maximum Gasteiger partial charge on any atom is 0.261 e. The van der Waals surface area contributed by atoms with Gasteiger partial charge >= 0.3 is 0 Å². The second kappa shape index (κ2) is 27.9. The van der Waals surface area contributed by atoms with E-state index in [4.69, 9.17) is 0 Å². The first-order valence-electron chi connectivity index (χ1n) is 33.2. The van der Waals surface area contributed by atoms with Crippen LogP contribution in [-0.4, -0.2) is 25.3 Å². The SMILES string of the molecule is CCCCCCCCn1c(=O)c2cc3c(C#Cc4ccc(C#Cc5c6ccccc6c(C#C[Si](C(C)C)(C(C)C)C(C)C)c6ccccc56)cc4)c4cc5c(=O)n(CCCCCCCC)c(=O)c5cc4c(C#C[Si](C(C)C)(C(C)C)C(C)C)c3cc2c1=O. The summed E-state index contributed by atoms with van der Waals surface area (Å²) < 4.78 is 2.83. The van der Waals surface area contributed by atoms with E-state index in [1.807, 2.05) is 48.5 Å². The molecule has 0 aliphatic rings. The van der Waals surface area contributed by atoms with Gasteiger partial charge in [0.15, 0.2) is 0 Å². The Kier molecular flexibility index (Phi) is 20.6. The number of hydrogen-bond donors (Lipinski definition) is 0. The van der Waals surface area contributed by atoms with Gasteiger partial charge in [0.2, 0.25) is 0 Å². The largest absolute Gasteiger partial charge is 0.274 e. The zero-order valence-corrected chi connectivity index (χ0v) is 57.1. The van der Waals surface area contributed by atoms with Crippen molar-refractivity contribution in [2.75, 3.05) is 0 Å². The van der Waals surface area contributed by atoms with E-state index in [0.717, 1.165) is 108 Å². The number of benzene rings is 7. The van der Waals surface area contributed by atoms with E-state index < -0.39 is 16.1 Å². The minimum absolute atomic E-state index is 0.300. The average molecular weight is 1200 g/mol. The van der Waals surface area contributed by atoms with Gasteiger partial charge in [-0.3, -0.25) is 28.3 Å². The van der Waals surface area contributed by atoms with Crippen molar-refractivity contribution in [1.82, 2.24) is 9.13 Å². The first kappa shape index (κ1) is 65.0. The molecule has 0 amide bonds. The van der Waals surface area contributed by atoms with Crippen molar-refractivity contribution in [2.24, 2.45) is 0 Å². The molecular formula is C80H92N2O4Si2. The Bertz CT molecular complexity index is 4330. The zero-order valence-electron chi connectivity index (χ0n) is 55.1. The molecule has 0 saturated carbocycles. The summed E-state index contributed by atoms with van der Waals surface area (Å²) >= 11 is 0. The minimum Gasteiger partial charge on any atom is -0.274 e. The van der Waals surface area contributed by atoms with E-state index in [9.17, 15) is 19.2 Å². The molecule has 454 valence electrons. The fourth-order valence-corrected chi connectivity index (χ4v) is 25.5. The molecule has 0 unspecified atom stereocenters. The Morgan fingerprint density at radius 1 is 0.307 bits per heavy atom. The Morgan fingerprint density at radius 2 is 0.557 bits per heavy atom. The van der Waals surface area contributed by atoms with Crippen LogP contribution in [0.4, 0.5) is 0 Å². The number of rotatable bonds is 20. The summed E-state index contributed by atoms with van der Waals surface area (Å²) in [5.41, 5.74) is 14.2. The predicted molar refractivity (Wildman–Crippen MR) is 382 cm³/mol. The van der Waals surface area contributed by atoms with E-state index in [2.05, 4.69) is 192 Å². The average Bonchev–Trinajstić information content (AvgIpc) is 1.57. The van der Waals surface area contributed by atoms with Crippen molar-refractivity contribution >= 4 is 80.8 Å². The Labute approximate surface area is 525 Å². The third kappa shape index (κ3) is 12.5. The molecule has 7 aromatic carbocycles. The van der Waals surface area contributed by atoms with Gasteiger partial charge in [0.05, 0.1) is 21.5 Å².